The number of rotatable bonds is 6. The van der Waals surface area contributed by atoms with Gasteiger partial charge in [-0.05, 0) is 49.9 Å². The molecule has 2 N–H and O–H groups in total. The molecule has 1 saturated carbocycles. The normalized spacial score (nSPS) is 15.0. The monoisotopic (exact) mass is 314 g/mol. The highest BCUT2D eigenvalue weighted by molar-refractivity contribution is 7.89. The maximum Gasteiger partial charge on any atom is 0.241 e. The molecule has 0 unspecified atom stereocenters. The van der Waals surface area contributed by atoms with Crippen molar-refractivity contribution in [3.05, 3.63) is 29.1 Å². The molecule has 0 bridgehead atoms. The van der Waals surface area contributed by atoms with Crippen molar-refractivity contribution in [2.24, 2.45) is 5.92 Å². The first-order chi connectivity index (χ1) is 9.81. The Kier molecular flexibility index (Phi) is 4.63. The fourth-order valence-corrected chi connectivity index (χ4v) is 3.74. The van der Waals surface area contributed by atoms with Crippen molar-refractivity contribution in [3.63, 3.8) is 0 Å². The molecule has 0 aliphatic heterocycles. The topological polar surface area (TPSA) is 75.3 Å². The van der Waals surface area contributed by atoms with E-state index in [0.29, 0.717) is 11.1 Å². The Morgan fingerprint density at radius 2 is 1.81 bits per heavy atom. The maximum atomic E-state index is 13.2. The third-order valence-corrected chi connectivity index (χ3v) is 5.12. The van der Waals surface area contributed by atoms with Crippen LogP contribution in [-0.2, 0) is 14.8 Å². The number of carbonyl (C=O) groups excluding carboxylic acids is 1. The summed E-state index contributed by atoms with van der Waals surface area (Å²) in [5, 5.41) is 2.68. The maximum absolute atomic E-state index is 13.2. The molecule has 1 aliphatic carbocycles. The molecule has 1 fully saturated rings. The number of carbonyl (C=O) groups is 1. The van der Waals surface area contributed by atoms with E-state index in [-0.39, 0.29) is 29.8 Å². The average Bonchev–Trinajstić information content (AvgIpc) is 3.16. The summed E-state index contributed by atoms with van der Waals surface area (Å²) in [4.78, 5) is 11.5. The summed E-state index contributed by atoms with van der Waals surface area (Å²) in [6.07, 6.45) is 1.82. The van der Waals surface area contributed by atoms with E-state index in [2.05, 4.69) is 10.0 Å². The van der Waals surface area contributed by atoms with Gasteiger partial charge in [-0.3, -0.25) is 4.79 Å². The van der Waals surface area contributed by atoms with Crippen molar-refractivity contribution >= 4 is 15.9 Å². The molecule has 116 valence electrons. The van der Waals surface area contributed by atoms with E-state index in [9.17, 15) is 17.6 Å². The van der Waals surface area contributed by atoms with Gasteiger partial charge in [0.2, 0.25) is 15.9 Å². The highest BCUT2D eigenvalue weighted by Gasteiger charge is 2.29. The van der Waals surface area contributed by atoms with Gasteiger partial charge in [-0.25, -0.2) is 17.5 Å². The molecule has 0 aromatic heterocycles. The molecule has 2 rings (SSSR count). The lowest BCUT2D eigenvalue weighted by molar-refractivity contribution is -0.122. The van der Waals surface area contributed by atoms with E-state index in [0.717, 1.165) is 12.8 Å². The summed E-state index contributed by atoms with van der Waals surface area (Å²) >= 11 is 0. The minimum absolute atomic E-state index is 0.0247. The van der Waals surface area contributed by atoms with E-state index >= 15 is 0 Å². The van der Waals surface area contributed by atoms with Gasteiger partial charge in [0.05, 0.1) is 4.90 Å². The third kappa shape index (κ3) is 4.01. The smallest absolute Gasteiger partial charge is 0.241 e. The first-order valence-corrected chi connectivity index (χ1v) is 8.33. The number of sulfonamides is 1. The summed E-state index contributed by atoms with van der Waals surface area (Å²) in [6, 6.07) is 2.38. The van der Waals surface area contributed by atoms with Crippen LogP contribution in [0.5, 0.6) is 0 Å². The molecule has 1 amide bonds. The van der Waals surface area contributed by atoms with Crippen LogP contribution in [-0.4, -0.2) is 27.4 Å². The van der Waals surface area contributed by atoms with Gasteiger partial charge in [-0.1, -0.05) is 0 Å². The van der Waals surface area contributed by atoms with Crippen LogP contribution in [0.25, 0.3) is 0 Å². The Morgan fingerprint density at radius 1 is 1.24 bits per heavy atom. The molecule has 0 atom stereocenters. The minimum atomic E-state index is -3.71. The summed E-state index contributed by atoms with van der Waals surface area (Å²) in [5.74, 6) is -0.382. The standard InChI is InChI=1S/C14H19FN2O3S/c1-9-7-12(15)8-10(2)13(9)21(19,20)17-6-5-16-14(18)11-3-4-11/h7-8,11,17H,3-6H2,1-2H3,(H,16,18). The lowest BCUT2D eigenvalue weighted by atomic mass is 10.1. The van der Waals surface area contributed by atoms with Crippen molar-refractivity contribution in [3.8, 4) is 0 Å². The first-order valence-electron chi connectivity index (χ1n) is 6.85. The van der Waals surface area contributed by atoms with Crippen LogP contribution in [0.15, 0.2) is 17.0 Å². The highest BCUT2D eigenvalue weighted by Crippen LogP contribution is 2.28. The quantitative estimate of drug-likeness (QED) is 0.776. The van der Waals surface area contributed by atoms with Crippen LogP contribution >= 0.6 is 0 Å². The SMILES string of the molecule is Cc1cc(F)cc(C)c1S(=O)(=O)NCCNC(=O)C1CC1. The zero-order chi connectivity index (χ0) is 15.6. The average molecular weight is 314 g/mol. The molecule has 0 spiro atoms. The Morgan fingerprint density at radius 3 is 2.33 bits per heavy atom. The highest BCUT2D eigenvalue weighted by atomic mass is 32.2. The molecular formula is C14H19FN2O3S. The number of hydrogen-bond donors (Lipinski definition) is 2. The second-order valence-corrected chi connectivity index (χ2v) is 7.04. The molecule has 7 heteroatoms. The van der Waals surface area contributed by atoms with E-state index < -0.39 is 15.8 Å². The van der Waals surface area contributed by atoms with Gasteiger partial charge >= 0.3 is 0 Å². The van der Waals surface area contributed by atoms with Gasteiger partial charge in [0.15, 0.2) is 0 Å². The number of aryl methyl sites for hydroxylation is 2. The van der Waals surface area contributed by atoms with Gasteiger partial charge in [0.25, 0.3) is 0 Å². The van der Waals surface area contributed by atoms with Crippen LogP contribution in [0.3, 0.4) is 0 Å². The number of benzene rings is 1. The van der Waals surface area contributed by atoms with Gasteiger partial charge in [-0.2, -0.15) is 0 Å². The summed E-state index contributed by atoms with van der Waals surface area (Å²) in [7, 11) is -3.71. The van der Waals surface area contributed by atoms with E-state index in [1.165, 1.54) is 12.1 Å². The molecular weight excluding hydrogens is 295 g/mol. The molecule has 0 heterocycles. The van der Waals surface area contributed by atoms with E-state index in [1.54, 1.807) is 13.8 Å². The fraction of sp³-hybridized carbons (Fsp3) is 0.500. The van der Waals surface area contributed by atoms with Crippen LogP contribution in [0.1, 0.15) is 24.0 Å². The molecule has 0 saturated heterocycles. The van der Waals surface area contributed by atoms with Crippen LogP contribution in [0, 0.1) is 25.6 Å². The van der Waals surface area contributed by atoms with Crippen LogP contribution in [0.2, 0.25) is 0 Å². The lowest BCUT2D eigenvalue weighted by Crippen LogP contribution is -2.35. The molecule has 1 aromatic carbocycles. The zero-order valence-corrected chi connectivity index (χ0v) is 12.9. The number of amides is 1. The van der Waals surface area contributed by atoms with Crippen LogP contribution in [0.4, 0.5) is 4.39 Å². The number of nitrogens with one attached hydrogen (secondary N) is 2. The second-order valence-electron chi connectivity index (χ2n) is 5.33. The Balaban J connectivity index is 1.96. The Hall–Kier alpha value is -1.47. The largest absolute Gasteiger partial charge is 0.355 e. The Labute approximate surface area is 124 Å². The summed E-state index contributed by atoms with van der Waals surface area (Å²) in [6.45, 7) is 3.46. The number of halogens is 1. The predicted octanol–water partition coefficient (Wildman–Crippen LogP) is 1.25. The third-order valence-electron chi connectivity index (χ3n) is 3.36. The van der Waals surface area contributed by atoms with Gasteiger partial charge in [0.1, 0.15) is 5.82 Å². The van der Waals surface area contributed by atoms with Crippen molar-refractivity contribution in [1.82, 2.24) is 10.0 Å². The molecule has 21 heavy (non-hydrogen) atoms. The lowest BCUT2D eigenvalue weighted by Gasteiger charge is -2.12. The molecule has 1 aromatic rings. The molecule has 5 nitrogen and oxygen atoms in total. The Bertz CT molecular complexity index is 631. The predicted molar refractivity (Wildman–Crippen MR) is 76.8 cm³/mol. The van der Waals surface area contributed by atoms with Crippen molar-refractivity contribution in [2.45, 2.75) is 31.6 Å². The fourth-order valence-electron chi connectivity index (χ4n) is 2.25. The van der Waals surface area contributed by atoms with E-state index in [4.69, 9.17) is 0 Å². The van der Waals surface area contributed by atoms with Gasteiger partial charge in [0, 0.05) is 19.0 Å². The summed E-state index contributed by atoms with van der Waals surface area (Å²) in [5.41, 5.74) is 0.726. The van der Waals surface area contributed by atoms with Gasteiger partial charge < -0.3 is 5.32 Å². The zero-order valence-electron chi connectivity index (χ0n) is 12.1. The molecule has 0 radical (unpaired) electrons. The van der Waals surface area contributed by atoms with Crippen molar-refractivity contribution in [2.75, 3.05) is 13.1 Å². The minimum Gasteiger partial charge on any atom is -0.355 e. The first kappa shape index (κ1) is 15.9. The molecule has 1 aliphatic rings. The van der Waals surface area contributed by atoms with Crippen molar-refractivity contribution in [1.29, 1.82) is 0 Å². The number of hydrogen-bond acceptors (Lipinski definition) is 3. The van der Waals surface area contributed by atoms with Crippen LogP contribution < -0.4 is 10.0 Å². The van der Waals surface area contributed by atoms with Crippen molar-refractivity contribution < 1.29 is 17.6 Å². The summed E-state index contributed by atoms with van der Waals surface area (Å²) < 4.78 is 40.1. The second kappa shape index (κ2) is 6.11. The van der Waals surface area contributed by atoms with Gasteiger partial charge in [-0.15, -0.1) is 0 Å². The van der Waals surface area contributed by atoms with E-state index in [1.807, 2.05) is 0 Å².